The van der Waals surface area contributed by atoms with E-state index in [1.165, 1.54) is 12.1 Å². The lowest BCUT2D eigenvalue weighted by Crippen LogP contribution is -2.28. The first kappa shape index (κ1) is 18.9. The fraction of sp³-hybridized carbons (Fsp3) is 0.227. The summed E-state index contributed by atoms with van der Waals surface area (Å²) < 4.78 is 19.0. The Morgan fingerprint density at radius 1 is 1.07 bits per heavy atom. The van der Waals surface area contributed by atoms with Gasteiger partial charge in [0, 0.05) is 31.3 Å². The van der Waals surface area contributed by atoms with Crippen molar-refractivity contribution in [2.75, 3.05) is 13.1 Å². The van der Waals surface area contributed by atoms with E-state index < -0.39 is 11.7 Å². The standard InChI is InChI=1S/C22H20FN3O3/c23-18-9-2-1-8-17(18)20-13-19(25-29-20)21(27)24-14-15-6-5-7-16(12-15)22(28)26-10-3-4-11-26/h1-2,5-9,12-13H,3-4,10-11,14H2,(H,24,27). The lowest BCUT2D eigenvalue weighted by Gasteiger charge is -2.15. The smallest absolute Gasteiger partial charge is 0.273 e. The van der Waals surface area contributed by atoms with Crippen LogP contribution in [0.5, 0.6) is 0 Å². The van der Waals surface area contributed by atoms with E-state index in [0.29, 0.717) is 5.56 Å². The van der Waals surface area contributed by atoms with Crippen LogP contribution < -0.4 is 5.32 Å². The highest BCUT2D eigenvalue weighted by atomic mass is 19.1. The minimum atomic E-state index is -0.449. The molecule has 0 bridgehead atoms. The van der Waals surface area contributed by atoms with Gasteiger partial charge in [-0.1, -0.05) is 29.4 Å². The number of hydrogen-bond donors (Lipinski definition) is 1. The van der Waals surface area contributed by atoms with Crippen molar-refractivity contribution in [3.05, 3.63) is 77.2 Å². The number of likely N-dealkylation sites (tertiary alicyclic amines) is 1. The van der Waals surface area contributed by atoms with Crippen molar-refractivity contribution in [2.24, 2.45) is 0 Å². The van der Waals surface area contributed by atoms with Crippen molar-refractivity contribution in [3.63, 3.8) is 0 Å². The molecule has 2 amide bonds. The molecule has 2 aromatic carbocycles. The highest BCUT2D eigenvalue weighted by molar-refractivity contribution is 5.95. The SMILES string of the molecule is O=C(NCc1cccc(C(=O)N2CCCC2)c1)c1cc(-c2ccccc2F)on1. The molecular formula is C22H20FN3O3. The van der Waals surface area contributed by atoms with Crippen molar-refractivity contribution in [2.45, 2.75) is 19.4 Å². The van der Waals surface area contributed by atoms with Gasteiger partial charge in [-0.3, -0.25) is 9.59 Å². The summed E-state index contributed by atoms with van der Waals surface area (Å²) in [6.07, 6.45) is 2.07. The van der Waals surface area contributed by atoms with E-state index in [1.54, 1.807) is 36.4 Å². The number of hydrogen-bond acceptors (Lipinski definition) is 4. The van der Waals surface area contributed by atoms with Gasteiger partial charge in [0.05, 0.1) is 5.56 Å². The normalized spacial score (nSPS) is 13.5. The molecule has 0 unspecified atom stereocenters. The lowest BCUT2D eigenvalue weighted by molar-refractivity contribution is 0.0792. The van der Waals surface area contributed by atoms with Crippen LogP contribution in [0.15, 0.2) is 59.1 Å². The predicted octanol–water partition coefficient (Wildman–Crippen LogP) is 3.65. The molecule has 6 nitrogen and oxygen atoms in total. The number of carbonyl (C=O) groups is 2. The third-order valence-electron chi connectivity index (χ3n) is 4.90. The van der Waals surface area contributed by atoms with Gasteiger partial charge in [-0.15, -0.1) is 0 Å². The molecule has 0 spiro atoms. The molecule has 1 fully saturated rings. The van der Waals surface area contributed by atoms with Crippen LogP contribution in [0.2, 0.25) is 0 Å². The molecule has 0 aliphatic carbocycles. The number of amides is 2. The van der Waals surface area contributed by atoms with Gasteiger partial charge >= 0.3 is 0 Å². The Bertz CT molecular complexity index is 1040. The number of aromatic nitrogens is 1. The van der Waals surface area contributed by atoms with Crippen LogP contribution in [0.4, 0.5) is 4.39 Å². The Hall–Kier alpha value is -3.48. The third-order valence-corrected chi connectivity index (χ3v) is 4.90. The molecule has 0 atom stereocenters. The van der Waals surface area contributed by atoms with Gasteiger partial charge in [-0.05, 0) is 42.7 Å². The topological polar surface area (TPSA) is 75.4 Å². The molecule has 4 rings (SSSR count). The Labute approximate surface area is 167 Å². The molecular weight excluding hydrogens is 373 g/mol. The first-order chi connectivity index (χ1) is 14.1. The average molecular weight is 393 g/mol. The summed E-state index contributed by atoms with van der Waals surface area (Å²) >= 11 is 0. The van der Waals surface area contributed by atoms with Crippen molar-refractivity contribution < 1.29 is 18.5 Å². The molecule has 29 heavy (non-hydrogen) atoms. The van der Waals surface area contributed by atoms with Crippen LogP contribution in [0.1, 0.15) is 39.3 Å². The summed E-state index contributed by atoms with van der Waals surface area (Å²) in [4.78, 5) is 26.7. The first-order valence-corrected chi connectivity index (χ1v) is 9.50. The number of benzene rings is 2. The number of carbonyl (C=O) groups excluding carboxylic acids is 2. The van der Waals surface area contributed by atoms with Gasteiger partial charge in [-0.2, -0.15) is 0 Å². The van der Waals surface area contributed by atoms with Gasteiger partial charge in [0.25, 0.3) is 11.8 Å². The average Bonchev–Trinajstić information content (AvgIpc) is 3.44. The van der Waals surface area contributed by atoms with E-state index in [2.05, 4.69) is 10.5 Å². The van der Waals surface area contributed by atoms with Gasteiger partial charge in [0.2, 0.25) is 0 Å². The summed E-state index contributed by atoms with van der Waals surface area (Å²) in [7, 11) is 0. The Kier molecular flexibility index (Phi) is 5.37. The van der Waals surface area contributed by atoms with E-state index >= 15 is 0 Å². The second kappa shape index (κ2) is 8.26. The second-order valence-corrected chi connectivity index (χ2v) is 6.94. The Balaban J connectivity index is 1.41. The number of nitrogens with zero attached hydrogens (tertiary/aromatic N) is 2. The van der Waals surface area contributed by atoms with Crippen molar-refractivity contribution in [1.82, 2.24) is 15.4 Å². The quantitative estimate of drug-likeness (QED) is 0.718. The van der Waals surface area contributed by atoms with Crippen molar-refractivity contribution in [3.8, 4) is 11.3 Å². The first-order valence-electron chi connectivity index (χ1n) is 9.50. The molecule has 1 N–H and O–H groups in total. The zero-order chi connectivity index (χ0) is 20.2. The lowest BCUT2D eigenvalue weighted by atomic mass is 10.1. The second-order valence-electron chi connectivity index (χ2n) is 6.94. The maximum absolute atomic E-state index is 13.9. The summed E-state index contributed by atoms with van der Waals surface area (Å²) in [5.74, 6) is -0.684. The number of rotatable bonds is 5. The maximum atomic E-state index is 13.9. The zero-order valence-corrected chi connectivity index (χ0v) is 15.7. The fourth-order valence-corrected chi connectivity index (χ4v) is 3.36. The number of halogens is 1. The molecule has 1 aromatic heterocycles. The molecule has 0 radical (unpaired) electrons. The molecule has 3 aromatic rings. The van der Waals surface area contributed by atoms with E-state index in [-0.39, 0.29) is 29.5 Å². The fourth-order valence-electron chi connectivity index (χ4n) is 3.36. The third kappa shape index (κ3) is 4.18. The molecule has 0 saturated carbocycles. The summed E-state index contributed by atoms with van der Waals surface area (Å²) in [6, 6.07) is 14.7. The van der Waals surface area contributed by atoms with Gasteiger partial charge < -0.3 is 14.7 Å². The zero-order valence-electron chi connectivity index (χ0n) is 15.7. The minimum absolute atomic E-state index is 0.0155. The minimum Gasteiger partial charge on any atom is -0.355 e. The largest absolute Gasteiger partial charge is 0.355 e. The van der Waals surface area contributed by atoms with Gasteiger partial charge in [-0.25, -0.2) is 4.39 Å². The Morgan fingerprint density at radius 3 is 2.66 bits per heavy atom. The highest BCUT2D eigenvalue weighted by Gasteiger charge is 2.20. The molecule has 2 heterocycles. The van der Waals surface area contributed by atoms with Crippen LogP contribution in [0, 0.1) is 5.82 Å². The molecule has 1 aliphatic rings. The summed E-state index contributed by atoms with van der Waals surface area (Å²) in [5.41, 5.74) is 1.72. The molecule has 148 valence electrons. The van der Waals surface area contributed by atoms with E-state index in [0.717, 1.165) is 31.5 Å². The summed E-state index contributed by atoms with van der Waals surface area (Å²) in [6.45, 7) is 1.81. The van der Waals surface area contributed by atoms with E-state index in [9.17, 15) is 14.0 Å². The monoisotopic (exact) mass is 393 g/mol. The predicted molar refractivity (Wildman–Crippen MR) is 105 cm³/mol. The van der Waals surface area contributed by atoms with E-state index in [4.69, 9.17) is 4.52 Å². The van der Waals surface area contributed by atoms with Crippen LogP contribution in [0.3, 0.4) is 0 Å². The van der Waals surface area contributed by atoms with Crippen LogP contribution in [-0.4, -0.2) is 35.0 Å². The number of nitrogens with one attached hydrogen (secondary N) is 1. The van der Waals surface area contributed by atoms with E-state index in [1.807, 2.05) is 11.0 Å². The van der Waals surface area contributed by atoms with Crippen LogP contribution >= 0.6 is 0 Å². The highest BCUT2D eigenvalue weighted by Crippen LogP contribution is 2.23. The molecule has 1 saturated heterocycles. The van der Waals surface area contributed by atoms with Crippen molar-refractivity contribution >= 4 is 11.8 Å². The van der Waals surface area contributed by atoms with Crippen molar-refractivity contribution in [1.29, 1.82) is 0 Å². The van der Waals surface area contributed by atoms with Gasteiger partial charge in [0.1, 0.15) is 5.82 Å². The van der Waals surface area contributed by atoms with Crippen LogP contribution in [-0.2, 0) is 6.54 Å². The molecule has 1 aliphatic heterocycles. The summed E-state index contributed by atoms with van der Waals surface area (Å²) in [5, 5.41) is 6.48. The van der Waals surface area contributed by atoms with Gasteiger partial charge in [0.15, 0.2) is 11.5 Å². The van der Waals surface area contributed by atoms with Crippen LogP contribution in [0.25, 0.3) is 11.3 Å². The molecule has 7 heteroatoms. The maximum Gasteiger partial charge on any atom is 0.273 e. The Morgan fingerprint density at radius 2 is 1.86 bits per heavy atom.